The third-order valence-electron chi connectivity index (χ3n) is 3.72. The van der Waals surface area contributed by atoms with E-state index in [-0.39, 0.29) is 23.1 Å². The Kier molecular flexibility index (Phi) is 3.36. The van der Waals surface area contributed by atoms with Gasteiger partial charge >= 0.3 is 0 Å². The molecule has 0 spiro atoms. The van der Waals surface area contributed by atoms with Crippen molar-refractivity contribution in [2.24, 2.45) is 0 Å². The maximum absolute atomic E-state index is 12.0. The van der Waals surface area contributed by atoms with Crippen molar-refractivity contribution in [1.29, 1.82) is 0 Å². The van der Waals surface area contributed by atoms with E-state index in [2.05, 4.69) is 5.10 Å². The number of hydrogen-bond acceptors (Lipinski definition) is 4. The second kappa shape index (κ2) is 5.07. The van der Waals surface area contributed by atoms with Crippen LogP contribution in [-0.4, -0.2) is 36.8 Å². The van der Waals surface area contributed by atoms with E-state index in [0.717, 1.165) is 11.3 Å². The molecule has 0 bridgehead atoms. The number of nitrogens with zero attached hydrogens (tertiary/aromatic N) is 1. The molecule has 3 rings (SSSR count). The molecule has 1 atom stereocenters. The number of hydrogen-bond donors (Lipinski definition) is 1. The number of ether oxygens (including phenoxy) is 1. The molecule has 1 saturated heterocycles. The minimum absolute atomic E-state index is 0.0233. The van der Waals surface area contributed by atoms with E-state index in [0.29, 0.717) is 12.1 Å². The molecule has 1 fully saturated rings. The molecule has 1 aliphatic rings. The Bertz CT molecular complexity index is 802. The average Bonchev–Trinajstić information content (AvgIpc) is 3.01. The number of methoxy groups -OCH3 is 1. The second-order valence-corrected chi connectivity index (χ2v) is 7.39. The summed E-state index contributed by atoms with van der Waals surface area (Å²) < 4.78 is 29.6. The van der Waals surface area contributed by atoms with Crippen LogP contribution in [0.3, 0.4) is 0 Å². The van der Waals surface area contributed by atoms with E-state index >= 15 is 0 Å². The molecule has 0 saturated carbocycles. The molecule has 7 heteroatoms. The summed E-state index contributed by atoms with van der Waals surface area (Å²) in [6.07, 6.45) is 0.477. The van der Waals surface area contributed by atoms with Gasteiger partial charge in [-0.2, -0.15) is 0 Å². The normalized spacial score (nSPS) is 20.5. The quantitative estimate of drug-likeness (QED) is 0.924. The van der Waals surface area contributed by atoms with Gasteiger partial charge in [0.2, 0.25) is 0 Å². The summed E-state index contributed by atoms with van der Waals surface area (Å²) in [6, 6.07) is 8.51. The third kappa shape index (κ3) is 2.73. The van der Waals surface area contributed by atoms with Crippen molar-refractivity contribution in [3.8, 4) is 17.0 Å². The van der Waals surface area contributed by atoms with Gasteiger partial charge in [0.25, 0.3) is 5.56 Å². The lowest BCUT2D eigenvalue weighted by Gasteiger charge is -2.08. The summed E-state index contributed by atoms with van der Waals surface area (Å²) in [4.78, 5) is 12.0. The van der Waals surface area contributed by atoms with Crippen molar-refractivity contribution in [3.63, 3.8) is 0 Å². The number of aromatic amines is 1. The predicted octanol–water partition coefficient (Wildman–Crippen LogP) is 1.21. The smallest absolute Gasteiger partial charge is 0.267 e. The Morgan fingerprint density at radius 1 is 1.29 bits per heavy atom. The molecule has 1 aliphatic heterocycles. The maximum Gasteiger partial charge on any atom is 0.267 e. The fraction of sp³-hybridized carbons (Fsp3) is 0.357. The van der Waals surface area contributed by atoms with Gasteiger partial charge in [-0.15, -0.1) is 0 Å². The van der Waals surface area contributed by atoms with E-state index in [1.54, 1.807) is 7.11 Å². The molecule has 2 aromatic rings. The molecule has 1 aromatic heterocycles. The van der Waals surface area contributed by atoms with Crippen molar-refractivity contribution in [2.45, 2.75) is 12.5 Å². The van der Waals surface area contributed by atoms with Gasteiger partial charge in [-0.05, 0) is 36.2 Å². The van der Waals surface area contributed by atoms with Crippen molar-refractivity contribution >= 4 is 9.84 Å². The number of nitrogens with one attached hydrogen (secondary N) is 1. The van der Waals surface area contributed by atoms with Crippen LogP contribution in [0, 0.1) is 0 Å². The fourth-order valence-electron chi connectivity index (χ4n) is 2.58. The van der Waals surface area contributed by atoms with E-state index in [1.807, 2.05) is 24.3 Å². The van der Waals surface area contributed by atoms with E-state index in [1.165, 1.54) is 10.7 Å². The van der Waals surface area contributed by atoms with Crippen LogP contribution in [0.2, 0.25) is 0 Å². The first-order chi connectivity index (χ1) is 9.98. The van der Waals surface area contributed by atoms with Gasteiger partial charge in [0.15, 0.2) is 9.84 Å². The molecule has 0 aliphatic carbocycles. The second-order valence-electron chi connectivity index (χ2n) is 5.16. The zero-order chi connectivity index (χ0) is 15.0. The van der Waals surface area contributed by atoms with Gasteiger partial charge in [-0.3, -0.25) is 9.89 Å². The highest BCUT2D eigenvalue weighted by Gasteiger charge is 2.30. The van der Waals surface area contributed by atoms with Crippen LogP contribution in [0.4, 0.5) is 0 Å². The van der Waals surface area contributed by atoms with Crippen molar-refractivity contribution in [3.05, 3.63) is 40.7 Å². The molecule has 0 unspecified atom stereocenters. The van der Waals surface area contributed by atoms with Crippen molar-refractivity contribution in [2.75, 3.05) is 18.6 Å². The first kappa shape index (κ1) is 13.9. The molecule has 112 valence electrons. The summed E-state index contributed by atoms with van der Waals surface area (Å²) in [5, 5.41) is 3.01. The molecule has 6 nitrogen and oxygen atoms in total. The molecular formula is C14H16N2O4S. The lowest BCUT2D eigenvalue weighted by Crippen LogP contribution is -2.22. The van der Waals surface area contributed by atoms with E-state index < -0.39 is 9.84 Å². The molecule has 21 heavy (non-hydrogen) atoms. The van der Waals surface area contributed by atoms with Crippen LogP contribution in [-0.2, 0) is 9.84 Å². The summed E-state index contributed by atoms with van der Waals surface area (Å²) in [7, 11) is -1.43. The van der Waals surface area contributed by atoms with Gasteiger partial charge in [-0.25, -0.2) is 13.1 Å². The van der Waals surface area contributed by atoms with Crippen LogP contribution in [0.1, 0.15) is 12.5 Å². The Morgan fingerprint density at radius 2 is 2.00 bits per heavy atom. The number of rotatable bonds is 3. The molecule has 1 N–H and O–H groups in total. The summed E-state index contributed by atoms with van der Waals surface area (Å²) in [5.41, 5.74) is 1.32. The standard InChI is InChI=1S/C14H16N2O4S/c1-20-12-4-2-10(3-5-12)13-8-14(17)16(15-13)11-6-7-21(18,19)9-11/h2-5,8,11,15H,6-7,9H2,1H3/t11-/m0/s1. The van der Waals surface area contributed by atoms with Gasteiger partial charge < -0.3 is 4.74 Å². The highest BCUT2D eigenvalue weighted by molar-refractivity contribution is 7.91. The molecular weight excluding hydrogens is 292 g/mol. The highest BCUT2D eigenvalue weighted by Crippen LogP contribution is 2.24. The Morgan fingerprint density at radius 3 is 2.57 bits per heavy atom. The number of aromatic nitrogens is 2. The number of H-pyrrole nitrogens is 1. The first-order valence-electron chi connectivity index (χ1n) is 6.65. The minimum Gasteiger partial charge on any atom is -0.497 e. The van der Waals surface area contributed by atoms with E-state index in [9.17, 15) is 13.2 Å². The highest BCUT2D eigenvalue weighted by atomic mass is 32.2. The van der Waals surface area contributed by atoms with Gasteiger partial charge in [0.05, 0.1) is 30.4 Å². The largest absolute Gasteiger partial charge is 0.497 e. The monoisotopic (exact) mass is 308 g/mol. The van der Waals surface area contributed by atoms with Crippen LogP contribution in [0.5, 0.6) is 5.75 Å². The third-order valence-corrected chi connectivity index (χ3v) is 5.47. The van der Waals surface area contributed by atoms with Crippen LogP contribution in [0.15, 0.2) is 35.1 Å². The Balaban J connectivity index is 1.92. The lowest BCUT2D eigenvalue weighted by molar-refractivity contribution is 0.415. The zero-order valence-electron chi connectivity index (χ0n) is 11.6. The molecule has 0 amide bonds. The van der Waals surface area contributed by atoms with Gasteiger partial charge in [0.1, 0.15) is 5.75 Å². The van der Waals surface area contributed by atoms with Crippen LogP contribution < -0.4 is 10.3 Å². The Labute approximate surface area is 122 Å². The van der Waals surface area contributed by atoms with E-state index in [4.69, 9.17) is 4.74 Å². The zero-order valence-corrected chi connectivity index (χ0v) is 12.4. The van der Waals surface area contributed by atoms with Gasteiger partial charge in [0, 0.05) is 6.07 Å². The van der Waals surface area contributed by atoms with Crippen molar-refractivity contribution < 1.29 is 13.2 Å². The molecule has 2 heterocycles. The van der Waals surface area contributed by atoms with Gasteiger partial charge in [-0.1, -0.05) is 0 Å². The maximum atomic E-state index is 12.0. The summed E-state index contributed by atoms with van der Waals surface area (Å²) in [5.74, 6) is 0.902. The Hall–Kier alpha value is -2.02. The predicted molar refractivity (Wildman–Crippen MR) is 79.3 cm³/mol. The summed E-state index contributed by atoms with van der Waals surface area (Å²) >= 11 is 0. The van der Waals surface area contributed by atoms with Crippen molar-refractivity contribution in [1.82, 2.24) is 9.78 Å². The average molecular weight is 308 g/mol. The summed E-state index contributed by atoms with van der Waals surface area (Å²) in [6.45, 7) is 0. The lowest BCUT2D eigenvalue weighted by atomic mass is 10.1. The SMILES string of the molecule is COc1ccc(-c2cc(=O)n([C@H]3CCS(=O)(=O)C3)[nH]2)cc1. The van der Waals surface area contributed by atoms with Crippen LogP contribution >= 0.6 is 0 Å². The first-order valence-corrected chi connectivity index (χ1v) is 8.47. The number of sulfone groups is 1. The molecule has 0 radical (unpaired) electrons. The number of benzene rings is 1. The van der Waals surface area contributed by atoms with Crippen LogP contribution in [0.25, 0.3) is 11.3 Å². The fourth-order valence-corrected chi connectivity index (χ4v) is 4.28. The topological polar surface area (TPSA) is 81.2 Å². The minimum atomic E-state index is -3.02. The molecule has 1 aromatic carbocycles.